The number of carboxylic acid groups (broad SMARTS) is 2. The van der Waals surface area contributed by atoms with Crippen molar-refractivity contribution < 1.29 is 66.0 Å². The van der Waals surface area contributed by atoms with Crippen LogP contribution in [0.25, 0.3) is 0 Å². The molecule has 0 aromatic heterocycles. The second kappa shape index (κ2) is 11.7. The van der Waals surface area contributed by atoms with Gasteiger partial charge in [0, 0.05) is 27.9 Å². The Balaban J connectivity index is 0.000000602. The van der Waals surface area contributed by atoms with E-state index in [0.717, 1.165) is 26.0 Å². The van der Waals surface area contributed by atoms with E-state index in [4.69, 9.17) is 10.2 Å². The van der Waals surface area contributed by atoms with Crippen LogP contribution in [0.3, 0.4) is 0 Å². The summed E-state index contributed by atoms with van der Waals surface area (Å²) in [4.78, 5) is 66.4. The molecule has 0 aliphatic heterocycles. The van der Waals surface area contributed by atoms with Crippen molar-refractivity contribution in [2.45, 2.75) is 27.7 Å². The van der Waals surface area contributed by atoms with Gasteiger partial charge in [0.25, 0.3) is 0 Å². The number of rotatable bonds is 6. The van der Waals surface area contributed by atoms with Crippen LogP contribution < -0.4 is 0 Å². The van der Waals surface area contributed by atoms with Gasteiger partial charge in [0.1, 0.15) is 22.6 Å². The van der Waals surface area contributed by atoms with Crippen LogP contribution in [0.4, 0.5) is 0 Å². The van der Waals surface area contributed by atoms with Gasteiger partial charge < -0.3 is 20.4 Å². The van der Waals surface area contributed by atoms with E-state index in [2.05, 4.69) is 0 Å². The predicted octanol–water partition coefficient (Wildman–Crippen LogP) is 2.99. The Morgan fingerprint density at radius 3 is 0.939 bits per heavy atom. The fraction of sp³-hybridized carbons (Fsp3) is 0.182. The molecule has 33 heavy (non-hydrogen) atoms. The minimum atomic E-state index is -1.35. The summed E-state index contributed by atoms with van der Waals surface area (Å²) in [6, 6.07) is 4.64. The molecule has 0 aliphatic rings. The molecule has 0 unspecified atom stereocenters. The molecule has 2 aromatic rings. The molecule has 0 fully saturated rings. The summed E-state index contributed by atoms with van der Waals surface area (Å²) in [6.45, 7) is 4.80. The van der Waals surface area contributed by atoms with Gasteiger partial charge in [0.05, 0.1) is 11.1 Å². The van der Waals surface area contributed by atoms with Crippen LogP contribution >= 0.6 is 0 Å². The largest absolute Gasteiger partial charge is 0.506 e. The van der Waals surface area contributed by atoms with Crippen molar-refractivity contribution in [1.82, 2.24) is 0 Å². The van der Waals surface area contributed by atoms with E-state index < -0.39 is 57.7 Å². The summed E-state index contributed by atoms with van der Waals surface area (Å²) in [5.41, 5.74) is -1.23. The topological polar surface area (TPSA) is 183 Å². The first-order valence-corrected chi connectivity index (χ1v) is 8.94. The number of hydrogen-bond donors (Lipinski definition) is 4. The van der Waals surface area contributed by atoms with Crippen molar-refractivity contribution in [3.05, 3.63) is 57.6 Å². The molecule has 11 heteroatoms. The maximum atomic E-state index is 11.3. The smallest absolute Gasteiger partial charge is 0.339 e. The third-order valence-electron chi connectivity index (χ3n) is 4.28. The van der Waals surface area contributed by atoms with Crippen LogP contribution in [0.15, 0.2) is 24.3 Å². The maximum absolute atomic E-state index is 11.3. The predicted molar refractivity (Wildman–Crippen MR) is 110 cm³/mol. The van der Waals surface area contributed by atoms with Gasteiger partial charge in [-0.3, -0.25) is 19.2 Å². The Morgan fingerprint density at radius 1 is 0.515 bits per heavy atom. The SMILES string of the molecule is CC(=O)c1ccc(C(=O)O)c(O)c1C(C)=O.CC(=O)c1ccc(C(=O)O)c(O)c1C(C)=O.[Co]. The van der Waals surface area contributed by atoms with Crippen LogP contribution in [0.5, 0.6) is 11.5 Å². The molecule has 1 radical (unpaired) electrons. The zero-order chi connectivity index (χ0) is 24.9. The van der Waals surface area contributed by atoms with E-state index in [9.17, 15) is 39.0 Å². The Labute approximate surface area is 198 Å². The molecule has 2 rings (SSSR count). The molecule has 177 valence electrons. The summed E-state index contributed by atoms with van der Waals surface area (Å²) in [7, 11) is 0. The van der Waals surface area contributed by atoms with Gasteiger partial charge in [-0.15, -0.1) is 0 Å². The van der Waals surface area contributed by atoms with Crippen molar-refractivity contribution >= 4 is 35.1 Å². The van der Waals surface area contributed by atoms with Gasteiger partial charge in [-0.1, -0.05) is 0 Å². The number of benzene rings is 2. The van der Waals surface area contributed by atoms with E-state index in [1.54, 1.807) is 0 Å². The van der Waals surface area contributed by atoms with Gasteiger partial charge in [0.15, 0.2) is 23.1 Å². The first-order valence-electron chi connectivity index (χ1n) is 8.94. The molecule has 0 saturated heterocycles. The zero-order valence-corrected chi connectivity index (χ0v) is 18.9. The Bertz CT molecular complexity index is 1070. The number of hydrogen-bond acceptors (Lipinski definition) is 8. The van der Waals surface area contributed by atoms with E-state index in [-0.39, 0.29) is 39.0 Å². The van der Waals surface area contributed by atoms with Crippen molar-refractivity contribution in [2.24, 2.45) is 0 Å². The maximum Gasteiger partial charge on any atom is 0.339 e. The molecule has 0 heterocycles. The van der Waals surface area contributed by atoms with Gasteiger partial charge in [0.2, 0.25) is 0 Å². The van der Waals surface area contributed by atoms with Crippen molar-refractivity contribution in [3.8, 4) is 11.5 Å². The van der Waals surface area contributed by atoms with Gasteiger partial charge in [-0.2, -0.15) is 0 Å². The Kier molecular flexibility index (Phi) is 10.3. The third kappa shape index (κ3) is 6.57. The van der Waals surface area contributed by atoms with Crippen LogP contribution in [0, 0.1) is 0 Å². The minimum Gasteiger partial charge on any atom is -0.506 e. The second-order valence-corrected chi connectivity index (χ2v) is 6.60. The number of aromatic carboxylic acids is 2. The summed E-state index contributed by atoms with van der Waals surface area (Å²) in [5.74, 6) is -5.93. The molecule has 0 bridgehead atoms. The zero-order valence-electron chi connectivity index (χ0n) is 17.9. The van der Waals surface area contributed by atoms with Gasteiger partial charge >= 0.3 is 11.9 Å². The molecule has 0 spiro atoms. The van der Waals surface area contributed by atoms with E-state index in [1.807, 2.05) is 0 Å². The van der Waals surface area contributed by atoms with Crippen LogP contribution in [0.1, 0.15) is 89.8 Å². The fourth-order valence-electron chi connectivity index (χ4n) is 2.83. The molecule has 0 saturated carbocycles. The van der Waals surface area contributed by atoms with Crippen molar-refractivity contribution in [1.29, 1.82) is 0 Å². The molecule has 0 atom stereocenters. The second-order valence-electron chi connectivity index (χ2n) is 6.60. The van der Waals surface area contributed by atoms with E-state index in [0.29, 0.717) is 0 Å². The van der Waals surface area contributed by atoms with Crippen molar-refractivity contribution in [2.75, 3.05) is 0 Å². The van der Waals surface area contributed by atoms with Crippen LogP contribution in [0.2, 0.25) is 0 Å². The summed E-state index contributed by atoms with van der Waals surface area (Å²) >= 11 is 0. The molecule has 0 amide bonds. The Hall–Kier alpha value is -3.83. The monoisotopic (exact) mass is 503 g/mol. The molecular formula is C22H20CoO10. The molecular weight excluding hydrogens is 483 g/mol. The number of carbonyl (C=O) groups excluding carboxylic acids is 4. The quantitative estimate of drug-likeness (QED) is 0.428. The number of carbonyl (C=O) groups is 6. The molecule has 4 N–H and O–H groups in total. The van der Waals surface area contributed by atoms with Crippen LogP contribution in [-0.2, 0) is 16.8 Å². The number of aromatic hydroxyl groups is 2. The summed E-state index contributed by atoms with van der Waals surface area (Å²) < 4.78 is 0. The first-order chi connectivity index (χ1) is 14.7. The summed E-state index contributed by atoms with van der Waals surface area (Å²) in [5, 5.41) is 36.7. The minimum absolute atomic E-state index is 0. The van der Waals surface area contributed by atoms with Gasteiger partial charge in [-0.05, 0) is 52.0 Å². The Morgan fingerprint density at radius 2 is 0.758 bits per heavy atom. The standard InChI is InChI=1S/2C11H10O5.Co/c2*1-5(12)7-3-4-8(11(15)16)10(14)9(7)6(2)13;/h2*3-4,14H,1-2H3,(H,15,16);. The third-order valence-corrected chi connectivity index (χ3v) is 4.28. The average molecular weight is 503 g/mol. The molecule has 2 aromatic carbocycles. The summed E-state index contributed by atoms with van der Waals surface area (Å²) in [6.07, 6.45) is 0. The van der Waals surface area contributed by atoms with Gasteiger partial charge in [-0.25, -0.2) is 9.59 Å². The fourth-order valence-corrected chi connectivity index (χ4v) is 2.83. The number of ketones is 4. The first kappa shape index (κ1) is 29.2. The average Bonchev–Trinajstić information content (AvgIpc) is 2.66. The number of phenols is 2. The van der Waals surface area contributed by atoms with Crippen molar-refractivity contribution in [3.63, 3.8) is 0 Å². The molecule has 10 nitrogen and oxygen atoms in total. The number of carboxylic acids is 2. The van der Waals surface area contributed by atoms with Crippen LogP contribution in [-0.4, -0.2) is 55.5 Å². The molecule has 0 aliphatic carbocycles. The normalized spacial score (nSPS) is 9.58. The number of Topliss-reactive ketones (excluding diaryl/α,β-unsaturated/α-hetero) is 4. The van der Waals surface area contributed by atoms with E-state index >= 15 is 0 Å². The van der Waals surface area contributed by atoms with E-state index in [1.165, 1.54) is 26.0 Å².